The van der Waals surface area contributed by atoms with Crippen molar-refractivity contribution >= 4 is 10.8 Å². The SMILES string of the molecule is COc1ncc(-c2ccc(C(C)(C)C)cc2)cc1C(c1ccccc1)C(O)(CCN(C)C)c1cccc2ccccc12. The molecule has 0 fully saturated rings. The van der Waals surface area contributed by atoms with Crippen molar-refractivity contribution < 1.29 is 9.84 Å². The first kappa shape index (κ1) is 29.5. The van der Waals surface area contributed by atoms with Crippen LogP contribution in [-0.2, 0) is 11.0 Å². The Morgan fingerprint density at radius 3 is 2.14 bits per heavy atom. The van der Waals surface area contributed by atoms with Crippen molar-refractivity contribution in [3.63, 3.8) is 0 Å². The van der Waals surface area contributed by atoms with Crippen LogP contribution in [0.5, 0.6) is 5.88 Å². The van der Waals surface area contributed by atoms with E-state index < -0.39 is 11.5 Å². The third kappa shape index (κ3) is 5.97. The summed E-state index contributed by atoms with van der Waals surface area (Å²) in [5.41, 5.74) is 4.91. The van der Waals surface area contributed by atoms with Gasteiger partial charge in [-0.1, -0.05) is 118 Å². The minimum atomic E-state index is -1.27. The molecule has 2 atom stereocenters. The summed E-state index contributed by atoms with van der Waals surface area (Å²) in [5, 5.41) is 15.3. The van der Waals surface area contributed by atoms with Crippen molar-refractivity contribution in [1.82, 2.24) is 9.88 Å². The molecule has 0 saturated heterocycles. The topological polar surface area (TPSA) is 45.6 Å². The van der Waals surface area contributed by atoms with E-state index in [9.17, 15) is 5.11 Å². The molecule has 4 aromatic carbocycles. The minimum absolute atomic E-state index is 0.0711. The Balaban J connectivity index is 1.76. The molecule has 2 unspecified atom stereocenters. The fourth-order valence-electron chi connectivity index (χ4n) is 5.96. The van der Waals surface area contributed by atoms with Gasteiger partial charge < -0.3 is 14.7 Å². The van der Waals surface area contributed by atoms with Gasteiger partial charge in [-0.3, -0.25) is 0 Å². The summed E-state index contributed by atoms with van der Waals surface area (Å²) in [6.45, 7) is 7.37. The largest absolute Gasteiger partial charge is 0.481 e. The lowest BCUT2D eigenvalue weighted by molar-refractivity contribution is 0.00517. The van der Waals surface area contributed by atoms with E-state index in [-0.39, 0.29) is 5.41 Å². The Morgan fingerprint density at radius 2 is 1.48 bits per heavy atom. The number of benzene rings is 4. The van der Waals surface area contributed by atoms with Crippen LogP contribution < -0.4 is 4.74 Å². The van der Waals surface area contributed by atoms with E-state index in [0.717, 1.165) is 38.6 Å². The molecule has 216 valence electrons. The highest BCUT2D eigenvalue weighted by Gasteiger charge is 2.43. The van der Waals surface area contributed by atoms with Crippen molar-refractivity contribution in [2.75, 3.05) is 27.7 Å². The predicted octanol–water partition coefficient (Wildman–Crippen LogP) is 8.18. The Labute approximate surface area is 250 Å². The highest BCUT2D eigenvalue weighted by Crippen LogP contribution is 2.49. The third-order valence-corrected chi connectivity index (χ3v) is 8.27. The van der Waals surface area contributed by atoms with Gasteiger partial charge in [0.25, 0.3) is 0 Å². The van der Waals surface area contributed by atoms with E-state index in [1.165, 1.54) is 5.56 Å². The number of methoxy groups -OCH3 is 1. The molecule has 4 heteroatoms. The van der Waals surface area contributed by atoms with Crippen LogP contribution in [0.25, 0.3) is 21.9 Å². The Morgan fingerprint density at radius 1 is 0.810 bits per heavy atom. The molecule has 0 saturated carbocycles. The molecule has 42 heavy (non-hydrogen) atoms. The van der Waals surface area contributed by atoms with Crippen LogP contribution in [-0.4, -0.2) is 42.7 Å². The maximum absolute atomic E-state index is 13.2. The van der Waals surface area contributed by atoms with Crippen LogP contribution in [0.1, 0.15) is 55.4 Å². The highest BCUT2D eigenvalue weighted by atomic mass is 16.5. The van der Waals surface area contributed by atoms with Gasteiger partial charge in [-0.25, -0.2) is 4.98 Å². The number of fused-ring (bicyclic) bond motifs is 1. The van der Waals surface area contributed by atoms with Gasteiger partial charge in [-0.2, -0.15) is 0 Å². The monoisotopic (exact) mass is 558 g/mol. The summed E-state index contributed by atoms with van der Waals surface area (Å²) in [4.78, 5) is 6.94. The average Bonchev–Trinajstić information content (AvgIpc) is 3.00. The molecular formula is C38H42N2O2. The normalized spacial score (nSPS) is 14.1. The summed E-state index contributed by atoms with van der Waals surface area (Å²) < 4.78 is 5.91. The molecule has 0 aliphatic rings. The van der Waals surface area contributed by atoms with Crippen LogP contribution in [0.2, 0.25) is 0 Å². The molecule has 4 nitrogen and oxygen atoms in total. The maximum atomic E-state index is 13.2. The minimum Gasteiger partial charge on any atom is -0.481 e. The van der Waals surface area contributed by atoms with Crippen molar-refractivity contribution in [3.05, 3.63) is 132 Å². The highest BCUT2D eigenvalue weighted by molar-refractivity contribution is 5.86. The lowest BCUT2D eigenvalue weighted by Gasteiger charge is -2.39. The zero-order valence-corrected chi connectivity index (χ0v) is 25.6. The molecule has 1 heterocycles. The molecule has 0 bridgehead atoms. The quantitative estimate of drug-likeness (QED) is 0.198. The van der Waals surface area contributed by atoms with E-state index in [2.05, 4.69) is 92.4 Å². The molecule has 0 aliphatic carbocycles. The van der Waals surface area contributed by atoms with Crippen molar-refractivity contribution in [3.8, 4) is 17.0 Å². The van der Waals surface area contributed by atoms with E-state index in [1.807, 2.05) is 56.7 Å². The molecule has 5 aromatic rings. The van der Waals surface area contributed by atoms with Crippen LogP contribution in [0.4, 0.5) is 0 Å². The standard InChI is InChI=1S/C38H42N2O2/c1-37(2,3)31-21-19-27(20-22-31)30-25-33(36(42-6)39-26-30)35(29-14-8-7-9-15-29)38(41,23-24-40(4)5)34-18-12-16-28-13-10-11-17-32(28)34/h7-22,25-26,35,41H,23-24H2,1-6H3. The van der Waals surface area contributed by atoms with E-state index in [0.29, 0.717) is 18.8 Å². The first-order valence-electron chi connectivity index (χ1n) is 14.7. The fraction of sp³-hybridized carbons (Fsp3) is 0.289. The Hall–Kier alpha value is -3.99. The van der Waals surface area contributed by atoms with Crippen LogP contribution in [0.15, 0.2) is 109 Å². The second kappa shape index (κ2) is 12.1. The first-order chi connectivity index (χ1) is 20.1. The number of aliphatic hydroxyl groups is 1. The maximum Gasteiger partial charge on any atom is 0.217 e. The summed E-state index contributed by atoms with van der Waals surface area (Å²) >= 11 is 0. The number of nitrogens with zero attached hydrogens (tertiary/aromatic N) is 2. The fourth-order valence-corrected chi connectivity index (χ4v) is 5.96. The summed E-state index contributed by atoms with van der Waals surface area (Å²) in [6.07, 6.45) is 2.38. The van der Waals surface area contributed by atoms with Gasteiger partial charge in [0.05, 0.1) is 7.11 Å². The Bertz CT molecular complexity index is 1630. The molecule has 5 rings (SSSR count). The summed E-state index contributed by atoms with van der Waals surface area (Å²) in [6, 6.07) is 35.7. The van der Waals surface area contributed by atoms with Crippen molar-refractivity contribution in [2.24, 2.45) is 0 Å². The average molecular weight is 559 g/mol. The van der Waals surface area contributed by atoms with E-state index in [4.69, 9.17) is 9.72 Å². The molecule has 0 amide bonds. The number of rotatable bonds is 9. The molecule has 1 aromatic heterocycles. The number of pyridine rings is 1. The van der Waals surface area contributed by atoms with Crippen molar-refractivity contribution in [1.29, 1.82) is 0 Å². The van der Waals surface area contributed by atoms with Gasteiger partial charge in [0.15, 0.2) is 0 Å². The second-order valence-electron chi connectivity index (χ2n) is 12.5. The molecule has 1 N–H and O–H groups in total. The lowest BCUT2D eigenvalue weighted by Crippen LogP contribution is -2.38. The van der Waals surface area contributed by atoms with E-state index >= 15 is 0 Å². The third-order valence-electron chi connectivity index (χ3n) is 8.27. The van der Waals surface area contributed by atoms with Gasteiger partial charge in [-0.15, -0.1) is 0 Å². The zero-order chi connectivity index (χ0) is 29.9. The summed E-state index contributed by atoms with van der Waals surface area (Å²) in [5.74, 6) is 0.0723. The van der Waals surface area contributed by atoms with Gasteiger partial charge in [0, 0.05) is 29.8 Å². The van der Waals surface area contributed by atoms with Crippen LogP contribution in [0.3, 0.4) is 0 Å². The van der Waals surface area contributed by atoms with Crippen LogP contribution in [0, 0.1) is 0 Å². The number of hydrogen-bond acceptors (Lipinski definition) is 4. The number of aromatic nitrogens is 1. The van der Waals surface area contributed by atoms with Crippen molar-refractivity contribution in [2.45, 2.75) is 44.1 Å². The van der Waals surface area contributed by atoms with Gasteiger partial charge in [-0.05, 0) is 65.0 Å². The predicted molar refractivity (Wildman–Crippen MR) is 174 cm³/mol. The van der Waals surface area contributed by atoms with Gasteiger partial charge in [0.1, 0.15) is 5.60 Å². The zero-order valence-electron chi connectivity index (χ0n) is 25.6. The smallest absolute Gasteiger partial charge is 0.217 e. The molecule has 0 spiro atoms. The van der Waals surface area contributed by atoms with Gasteiger partial charge >= 0.3 is 0 Å². The number of hydrogen-bond donors (Lipinski definition) is 1. The Kier molecular flexibility index (Phi) is 8.49. The lowest BCUT2D eigenvalue weighted by atomic mass is 9.70. The number of ether oxygens (including phenoxy) is 1. The first-order valence-corrected chi connectivity index (χ1v) is 14.7. The molecular weight excluding hydrogens is 516 g/mol. The summed E-state index contributed by atoms with van der Waals surface area (Å²) in [7, 11) is 5.75. The van der Waals surface area contributed by atoms with Crippen LogP contribution >= 0.6 is 0 Å². The molecule has 0 radical (unpaired) electrons. The molecule has 0 aliphatic heterocycles. The second-order valence-corrected chi connectivity index (χ2v) is 12.5. The van der Waals surface area contributed by atoms with Gasteiger partial charge in [0.2, 0.25) is 5.88 Å². The van der Waals surface area contributed by atoms with E-state index in [1.54, 1.807) is 7.11 Å².